The molecular weight excluding hydrogens is 372 g/mol. The Morgan fingerprint density at radius 1 is 1.26 bits per heavy atom. The van der Waals surface area contributed by atoms with Gasteiger partial charge in [-0.05, 0) is 42.3 Å². The van der Waals surface area contributed by atoms with E-state index >= 15 is 0 Å². The second kappa shape index (κ2) is 8.01. The second-order valence-corrected chi connectivity index (χ2v) is 6.08. The van der Waals surface area contributed by atoms with Crippen molar-refractivity contribution in [2.75, 3.05) is 6.61 Å². The molecule has 138 valence electrons. The molecule has 0 aliphatic carbocycles. The van der Waals surface area contributed by atoms with Gasteiger partial charge in [0.25, 0.3) is 5.69 Å². The standard InChI is InChI=1S/C19H15ClN2O5/c1-2-9-26-14-6-3-12(4-7-14)10-16-19(23)27-18(21-16)13-5-8-15(20)17(11-13)22(24)25/h3-8,10-11H,2,9H2,1H3/b16-10-. The Morgan fingerprint density at radius 2 is 2.00 bits per heavy atom. The van der Waals surface area contributed by atoms with E-state index in [9.17, 15) is 14.9 Å². The molecular formula is C19H15ClN2O5. The highest BCUT2D eigenvalue weighted by Gasteiger charge is 2.26. The topological polar surface area (TPSA) is 91.0 Å². The van der Waals surface area contributed by atoms with Crippen LogP contribution in [-0.2, 0) is 9.53 Å². The Bertz CT molecular complexity index is 951. The summed E-state index contributed by atoms with van der Waals surface area (Å²) >= 11 is 5.80. The minimum Gasteiger partial charge on any atom is -0.494 e. The SMILES string of the molecule is CCCOc1ccc(/C=C2\N=C(c3ccc(Cl)c([N+](=O)[O-])c3)OC2=O)cc1. The lowest BCUT2D eigenvalue weighted by Crippen LogP contribution is -2.06. The molecule has 2 aromatic rings. The Hall–Kier alpha value is -3.19. The molecule has 7 nitrogen and oxygen atoms in total. The number of nitrogens with zero attached hydrogens (tertiary/aromatic N) is 2. The van der Waals surface area contributed by atoms with Crippen LogP contribution >= 0.6 is 11.6 Å². The first kappa shape index (κ1) is 18.6. The van der Waals surface area contributed by atoms with Crippen LogP contribution in [0.5, 0.6) is 5.75 Å². The summed E-state index contributed by atoms with van der Waals surface area (Å²) < 4.78 is 10.6. The van der Waals surface area contributed by atoms with Crippen LogP contribution < -0.4 is 4.74 Å². The highest BCUT2D eigenvalue weighted by Crippen LogP contribution is 2.27. The summed E-state index contributed by atoms with van der Waals surface area (Å²) in [7, 11) is 0. The largest absolute Gasteiger partial charge is 0.494 e. The quantitative estimate of drug-likeness (QED) is 0.318. The average Bonchev–Trinajstić information content (AvgIpc) is 3.02. The van der Waals surface area contributed by atoms with Crippen molar-refractivity contribution in [2.45, 2.75) is 13.3 Å². The Balaban J connectivity index is 1.85. The predicted octanol–water partition coefficient (Wildman–Crippen LogP) is 4.38. The zero-order chi connectivity index (χ0) is 19.4. The summed E-state index contributed by atoms with van der Waals surface area (Å²) in [5, 5.41) is 11.0. The van der Waals surface area contributed by atoms with Crippen LogP contribution in [-0.4, -0.2) is 23.4 Å². The van der Waals surface area contributed by atoms with E-state index in [0.717, 1.165) is 17.7 Å². The molecule has 3 rings (SSSR count). The molecule has 0 aromatic heterocycles. The summed E-state index contributed by atoms with van der Waals surface area (Å²) in [6, 6.07) is 11.3. The van der Waals surface area contributed by atoms with Gasteiger partial charge in [-0.15, -0.1) is 0 Å². The molecule has 8 heteroatoms. The van der Waals surface area contributed by atoms with E-state index in [1.54, 1.807) is 30.3 Å². The molecule has 0 fully saturated rings. The fourth-order valence-corrected chi connectivity index (χ4v) is 2.54. The minimum atomic E-state index is -0.631. The number of aliphatic imine (C=N–C) groups is 1. The predicted molar refractivity (Wildman–Crippen MR) is 101 cm³/mol. The normalized spacial score (nSPS) is 14.8. The second-order valence-electron chi connectivity index (χ2n) is 5.68. The molecule has 0 spiro atoms. The number of hydrogen-bond acceptors (Lipinski definition) is 6. The van der Waals surface area contributed by atoms with E-state index in [0.29, 0.717) is 12.2 Å². The van der Waals surface area contributed by atoms with Crippen molar-refractivity contribution in [2.24, 2.45) is 4.99 Å². The van der Waals surface area contributed by atoms with E-state index in [1.165, 1.54) is 18.2 Å². The van der Waals surface area contributed by atoms with E-state index in [1.807, 2.05) is 6.92 Å². The van der Waals surface area contributed by atoms with Gasteiger partial charge in [0.1, 0.15) is 10.8 Å². The maximum atomic E-state index is 12.1. The summed E-state index contributed by atoms with van der Waals surface area (Å²) in [6.45, 7) is 2.66. The van der Waals surface area contributed by atoms with E-state index in [4.69, 9.17) is 21.1 Å². The third kappa shape index (κ3) is 4.32. The molecule has 0 saturated heterocycles. The third-order valence-electron chi connectivity index (χ3n) is 3.67. The summed E-state index contributed by atoms with van der Waals surface area (Å²) in [5.41, 5.74) is 0.863. The number of ether oxygens (including phenoxy) is 2. The van der Waals surface area contributed by atoms with Gasteiger partial charge in [0.2, 0.25) is 5.90 Å². The van der Waals surface area contributed by atoms with Crippen LogP contribution in [0.15, 0.2) is 53.2 Å². The fraction of sp³-hybridized carbons (Fsp3) is 0.158. The van der Waals surface area contributed by atoms with E-state index < -0.39 is 10.9 Å². The zero-order valence-corrected chi connectivity index (χ0v) is 15.1. The highest BCUT2D eigenvalue weighted by molar-refractivity contribution is 6.32. The Labute approximate surface area is 160 Å². The first-order valence-electron chi connectivity index (χ1n) is 8.17. The number of esters is 1. The molecule has 0 radical (unpaired) electrons. The Morgan fingerprint density at radius 3 is 2.67 bits per heavy atom. The van der Waals surface area contributed by atoms with E-state index in [-0.39, 0.29) is 22.3 Å². The van der Waals surface area contributed by atoms with Crippen molar-refractivity contribution in [1.82, 2.24) is 0 Å². The summed E-state index contributed by atoms with van der Waals surface area (Å²) in [5.74, 6) is 0.105. The summed E-state index contributed by atoms with van der Waals surface area (Å²) in [6.07, 6.45) is 2.49. The van der Waals surface area contributed by atoms with Crippen molar-refractivity contribution >= 4 is 35.2 Å². The number of hydrogen-bond donors (Lipinski definition) is 0. The molecule has 0 unspecified atom stereocenters. The molecule has 2 aromatic carbocycles. The van der Waals surface area contributed by atoms with Gasteiger partial charge in [0, 0.05) is 11.6 Å². The number of rotatable bonds is 6. The number of cyclic esters (lactones) is 1. The van der Waals surface area contributed by atoms with Crippen molar-refractivity contribution in [3.63, 3.8) is 0 Å². The fourth-order valence-electron chi connectivity index (χ4n) is 2.36. The highest BCUT2D eigenvalue weighted by atomic mass is 35.5. The van der Waals surface area contributed by atoms with Crippen molar-refractivity contribution in [3.05, 3.63) is 74.4 Å². The van der Waals surface area contributed by atoms with Gasteiger partial charge in [0.05, 0.1) is 11.5 Å². The first-order valence-corrected chi connectivity index (χ1v) is 8.55. The van der Waals surface area contributed by atoms with Gasteiger partial charge in [-0.1, -0.05) is 30.7 Å². The number of carbonyl (C=O) groups is 1. The van der Waals surface area contributed by atoms with Crippen molar-refractivity contribution in [3.8, 4) is 5.75 Å². The number of halogens is 1. The molecule has 1 aliphatic heterocycles. The molecule has 1 aliphatic rings. The molecule has 0 saturated carbocycles. The smallest absolute Gasteiger partial charge is 0.363 e. The average molecular weight is 387 g/mol. The minimum absolute atomic E-state index is 0.00480. The van der Waals surface area contributed by atoms with Crippen LogP contribution in [0.1, 0.15) is 24.5 Å². The number of nitro benzene ring substituents is 1. The maximum Gasteiger partial charge on any atom is 0.363 e. The van der Waals surface area contributed by atoms with Crippen LogP contribution in [0.2, 0.25) is 5.02 Å². The van der Waals surface area contributed by atoms with Crippen LogP contribution in [0.4, 0.5) is 5.69 Å². The van der Waals surface area contributed by atoms with Gasteiger partial charge in [-0.3, -0.25) is 10.1 Å². The molecule has 1 heterocycles. The molecule has 0 amide bonds. The lowest BCUT2D eigenvalue weighted by Gasteiger charge is -2.04. The van der Waals surface area contributed by atoms with Crippen LogP contribution in [0.25, 0.3) is 6.08 Å². The lowest BCUT2D eigenvalue weighted by molar-refractivity contribution is -0.384. The van der Waals surface area contributed by atoms with Gasteiger partial charge >= 0.3 is 5.97 Å². The maximum absolute atomic E-state index is 12.1. The van der Waals surface area contributed by atoms with Crippen LogP contribution in [0, 0.1) is 10.1 Å². The van der Waals surface area contributed by atoms with Gasteiger partial charge in [0.15, 0.2) is 5.70 Å². The van der Waals surface area contributed by atoms with Gasteiger partial charge < -0.3 is 9.47 Å². The zero-order valence-electron chi connectivity index (χ0n) is 14.3. The van der Waals surface area contributed by atoms with Crippen LogP contribution in [0.3, 0.4) is 0 Å². The molecule has 0 N–H and O–H groups in total. The van der Waals surface area contributed by atoms with Gasteiger partial charge in [-0.25, -0.2) is 9.79 Å². The molecule has 0 atom stereocenters. The number of benzene rings is 2. The summed E-state index contributed by atoms with van der Waals surface area (Å²) in [4.78, 5) is 26.6. The number of nitro groups is 1. The van der Waals surface area contributed by atoms with Crippen molar-refractivity contribution in [1.29, 1.82) is 0 Å². The number of carbonyl (C=O) groups excluding carboxylic acids is 1. The van der Waals surface area contributed by atoms with Gasteiger partial charge in [-0.2, -0.15) is 0 Å². The molecule has 27 heavy (non-hydrogen) atoms. The molecule has 0 bridgehead atoms. The third-order valence-corrected chi connectivity index (χ3v) is 3.99. The van der Waals surface area contributed by atoms with E-state index in [2.05, 4.69) is 4.99 Å². The first-order chi connectivity index (χ1) is 13.0. The lowest BCUT2D eigenvalue weighted by atomic mass is 10.2. The Kier molecular flexibility index (Phi) is 5.52. The monoisotopic (exact) mass is 386 g/mol. The van der Waals surface area contributed by atoms with Crippen molar-refractivity contribution < 1.29 is 19.2 Å².